The summed E-state index contributed by atoms with van der Waals surface area (Å²) < 4.78 is 15.4. The highest BCUT2D eigenvalue weighted by molar-refractivity contribution is 4.96. The topological polar surface area (TPSA) is 27.7 Å². The maximum atomic E-state index is 5.14. The molecule has 0 aromatic rings. The molecule has 3 nitrogen and oxygen atoms in total. The van der Waals surface area contributed by atoms with Crippen molar-refractivity contribution in [3.05, 3.63) is 0 Å². The highest BCUT2D eigenvalue weighted by Gasteiger charge is 2.47. The molecule has 0 unspecified atom stereocenters. The van der Waals surface area contributed by atoms with Gasteiger partial charge in [0.2, 0.25) is 0 Å². The van der Waals surface area contributed by atoms with Gasteiger partial charge in [0, 0.05) is 41.2 Å². The largest absolute Gasteiger partial charge is 0.385 e. The number of hydrogen-bond acceptors (Lipinski definition) is 3. The van der Waals surface area contributed by atoms with Crippen molar-refractivity contribution >= 4 is 0 Å². The monoisotopic (exact) mass is 216 g/mol. The van der Waals surface area contributed by atoms with Gasteiger partial charge in [0.15, 0.2) is 0 Å². The first-order valence-electron chi connectivity index (χ1n) is 5.82. The Morgan fingerprint density at radius 1 is 0.600 bits per heavy atom. The Balaban J connectivity index is 2.19. The van der Waals surface area contributed by atoms with Gasteiger partial charge in [-0.25, -0.2) is 0 Å². The van der Waals surface area contributed by atoms with E-state index in [0.717, 1.165) is 37.6 Å². The van der Waals surface area contributed by atoms with Crippen LogP contribution in [0.4, 0.5) is 0 Å². The summed E-state index contributed by atoms with van der Waals surface area (Å²) in [4.78, 5) is 0. The Labute approximate surface area is 93.1 Å². The first-order valence-corrected chi connectivity index (χ1v) is 5.82. The van der Waals surface area contributed by atoms with Gasteiger partial charge < -0.3 is 14.2 Å². The van der Waals surface area contributed by atoms with E-state index < -0.39 is 0 Å². The van der Waals surface area contributed by atoms with Crippen LogP contribution in [0.3, 0.4) is 0 Å². The second-order valence-electron chi connectivity index (χ2n) is 4.34. The molecule has 1 saturated carbocycles. The Hall–Kier alpha value is -0.120. The first-order chi connectivity index (χ1) is 7.35. The molecule has 0 aromatic heterocycles. The van der Waals surface area contributed by atoms with Gasteiger partial charge in [-0.05, 0) is 37.0 Å². The summed E-state index contributed by atoms with van der Waals surface area (Å²) in [6, 6.07) is 0. The Bertz CT molecular complexity index is 126. The normalized spacial score (nSPS) is 29.4. The van der Waals surface area contributed by atoms with Crippen molar-refractivity contribution in [3.8, 4) is 0 Å². The minimum absolute atomic E-state index is 0.843. The number of methoxy groups -OCH3 is 3. The molecule has 0 N–H and O–H groups in total. The smallest absolute Gasteiger partial charge is 0.0465 e. The molecule has 0 radical (unpaired) electrons. The van der Waals surface area contributed by atoms with Gasteiger partial charge in [0.25, 0.3) is 0 Å². The van der Waals surface area contributed by atoms with E-state index in [2.05, 4.69) is 0 Å². The third-order valence-corrected chi connectivity index (χ3v) is 3.47. The lowest BCUT2D eigenvalue weighted by Gasteiger charge is -1.98. The van der Waals surface area contributed by atoms with E-state index in [1.165, 1.54) is 19.3 Å². The molecule has 0 saturated heterocycles. The molecule has 0 spiro atoms. The van der Waals surface area contributed by atoms with Crippen LogP contribution < -0.4 is 0 Å². The van der Waals surface area contributed by atoms with E-state index in [1.54, 1.807) is 21.3 Å². The lowest BCUT2D eigenvalue weighted by molar-refractivity contribution is 0.177. The molecule has 0 amide bonds. The van der Waals surface area contributed by atoms with Gasteiger partial charge in [-0.2, -0.15) is 0 Å². The molecule has 0 aliphatic heterocycles. The van der Waals surface area contributed by atoms with Crippen molar-refractivity contribution in [3.63, 3.8) is 0 Å². The summed E-state index contributed by atoms with van der Waals surface area (Å²) in [5, 5.41) is 0. The van der Waals surface area contributed by atoms with Gasteiger partial charge in [0.1, 0.15) is 0 Å². The quantitative estimate of drug-likeness (QED) is 0.589. The average Bonchev–Trinajstić information content (AvgIpc) is 2.93. The molecular formula is C12H24O3. The van der Waals surface area contributed by atoms with Crippen molar-refractivity contribution in [1.29, 1.82) is 0 Å². The van der Waals surface area contributed by atoms with Gasteiger partial charge in [-0.1, -0.05) is 0 Å². The predicted molar refractivity (Wildman–Crippen MR) is 59.9 cm³/mol. The lowest BCUT2D eigenvalue weighted by Crippen LogP contribution is -1.94. The van der Waals surface area contributed by atoms with Crippen LogP contribution in [-0.2, 0) is 14.2 Å². The van der Waals surface area contributed by atoms with Crippen LogP contribution in [-0.4, -0.2) is 41.2 Å². The van der Waals surface area contributed by atoms with Crippen LogP contribution in [0, 0.1) is 17.8 Å². The summed E-state index contributed by atoms with van der Waals surface area (Å²) in [7, 11) is 5.32. The second kappa shape index (κ2) is 7.20. The SMILES string of the molecule is COCCC1C(CCOC)C1CCOC. The van der Waals surface area contributed by atoms with E-state index in [9.17, 15) is 0 Å². The minimum atomic E-state index is 0.843. The van der Waals surface area contributed by atoms with Crippen molar-refractivity contribution in [2.45, 2.75) is 19.3 Å². The van der Waals surface area contributed by atoms with Gasteiger partial charge in [0.05, 0.1) is 0 Å². The molecule has 0 aromatic carbocycles. The fourth-order valence-electron chi connectivity index (χ4n) is 2.57. The summed E-state index contributed by atoms with van der Waals surface area (Å²) >= 11 is 0. The maximum Gasteiger partial charge on any atom is 0.0465 e. The fraction of sp³-hybridized carbons (Fsp3) is 1.00. The highest BCUT2D eigenvalue weighted by atomic mass is 16.5. The van der Waals surface area contributed by atoms with Crippen LogP contribution in [0.2, 0.25) is 0 Å². The molecule has 1 rings (SSSR count). The molecule has 0 heterocycles. The van der Waals surface area contributed by atoms with Crippen LogP contribution in [0.25, 0.3) is 0 Å². The van der Waals surface area contributed by atoms with Crippen LogP contribution in [0.5, 0.6) is 0 Å². The van der Waals surface area contributed by atoms with Gasteiger partial charge in [-0.15, -0.1) is 0 Å². The Morgan fingerprint density at radius 3 is 1.07 bits per heavy atom. The van der Waals surface area contributed by atoms with E-state index in [1.807, 2.05) is 0 Å². The molecule has 0 atom stereocenters. The molecule has 3 heteroatoms. The zero-order chi connectivity index (χ0) is 11.1. The summed E-state index contributed by atoms with van der Waals surface area (Å²) in [5.41, 5.74) is 0. The van der Waals surface area contributed by atoms with Crippen molar-refractivity contribution in [2.75, 3.05) is 41.2 Å². The molecule has 1 aliphatic rings. The third kappa shape index (κ3) is 4.09. The summed E-state index contributed by atoms with van der Waals surface area (Å²) in [6.45, 7) is 2.66. The Kier molecular flexibility index (Phi) is 6.22. The molecule has 15 heavy (non-hydrogen) atoms. The van der Waals surface area contributed by atoms with Crippen LogP contribution in [0.15, 0.2) is 0 Å². The molecule has 1 aliphatic carbocycles. The van der Waals surface area contributed by atoms with Gasteiger partial charge >= 0.3 is 0 Å². The second-order valence-corrected chi connectivity index (χ2v) is 4.34. The molecule has 0 bridgehead atoms. The number of hydrogen-bond donors (Lipinski definition) is 0. The van der Waals surface area contributed by atoms with E-state index >= 15 is 0 Å². The van der Waals surface area contributed by atoms with Crippen LogP contribution >= 0.6 is 0 Å². The molecule has 1 fully saturated rings. The minimum Gasteiger partial charge on any atom is -0.385 e. The van der Waals surface area contributed by atoms with Crippen molar-refractivity contribution in [1.82, 2.24) is 0 Å². The summed E-state index contributed by atoms with van der Waals surface area (Å²) in [6.07, 6.45) is 3.58. The standard InChI is InChI=1S/C12H24O3/c1-13-7-4-10-11(5-8-14-2)12(10)6-9-15-3/h10-12H,4-9H2,1-3H3. The highest BCUT2D eigenvalue weighted by Crippen LogP contribution is 2.52. The van der Waals surface area contributed by atoms with E-state index in [0.29, 0.717) is 0 Å². The number of ether oxygens (including phenoxy) is 3. The average molecular weight is 216 g/mol. The van der Waals surface area contributed by atoms with E-state index in [4.69, 9.17) is 14.2 Å². The summed E-state index contributed by atoms with van der Waals surface area (Å²) in [5.74, 6) is 2.53. The third-order valence-electron chi connectivity index (χ3n) is 3.47. The van der Waals surface area contributed by atoms with Crippen molar-refractivity contribution < 1.29 is 14.2 Å². The zero-order valence-corrected chi connectivity index (χ0v) is 10.2. The fourth-order valence-corrected chi connectivity index (χ4v) is 2.57. The van der Waals surface area contributed by atoms with Crippen molar-refractivity contribution in [2.24, 2.45) is 17.8 Å². The number of rotatable bonds is 9. The maximum absolute atomic E-state index is 5.14. The van der Waals surface area contributed by atoms with Gasteiger partial charge in [-0.3, -0.25) is 0 Å². The molecule has 90 valence electrons. The van der Waals surface area contributed by atoms with Crippen LogP contribution in [0.1, 0.15) is 19.3 Å². The molecular weight excluding hydrogens is 192 g/mol. The zero-order valence-electron chi connectivity index (χ0n) is 10.2. The lowest BCUT2D eigenvalue weighted by atomic mass is 10.2. The first kappa shape index (κ1) is 12.9. The van der Waals surface area contributed by atoms with E-state index in [-0.39, 0.29) is 0 Å². The Morgan fingerprint density at radius 2 is 0.867 bits per heavy atom. The predicted octanol–water partition coefficient (Wildman–Crippen LogP) is 1.96.